The molecule has 0 spiro atoms. The van der Waals surface area contributed by atoms with Gasteiger partial charge >= 0.3 is 0 Å². The fourth-order valence-electron chi connectivity index (χ4n) is 2.37. The van der Waals surface area contributed by atoms with Crippen molar-refractivity contribution in [3.8, 4) is 0 Å². The topological polar surface area (TPSA) is 37.8 Å². The van der Waals surface area contributed by atoms with Crippen molar-refractivity contribution in [2.45, 2.75) is 19.9 Å². The summed E-state index contributed by atoms with van der Waals surface area (Å²) in [4.78, 5) is 15.6. The standard InChI is InChI=1S/C15H14N2OS/c1-2-7-17-14(18)12-8-10-5-3-4-6-11(10)9-13(12)16-15(17)19/h3-6,8-9H,2,7H2,1H3,(H,16,19). The molecule has 4 heteroatoms. The lowest BCUT2D eigenvalue weighted by Gasteiger charge is -2.07. The minimum Gasteiger partial charge on any atom is -0.332 e. The number of aromatic amines is 1. The molecule has 96 valence electrons. The maximum atomic E-state index is 12.5. The van der Waals surface area contributed by atoms with Crippen LogP contribution in [0, 0.1) is 4.77 Å². The van der Waals surface area contributed by atoms with E-state index in [1.807, 2.05) is 43.3 Å². The number of benzene rings is 2. The maximum Gasteiger partial charge on any atom is 0.262 e. The van der Waals surface area contributed by atoms with Crippen molar-refractivity contribution in [3.63, 3.8) is 0 Å². The van der Waals surface area contributed by atoms with Crippen LogP contribution in [0.5, 0.6) is 0 Å². The summed E-state index contributed by atoms with van der Waals surface area (Å²) in [6.45, 7) is 2.68. The van der Waals surface area contributed by atoms with Gasteiger partial charge in [-0.25, -0.2) is 0 Å². The van der Waals surface area contributed by atoms with Crippen molar-refractivity contribution >= 4 is 33.9 Å². The van der Waals surface area contributed by atoms with Crippen LogP contribution in [0.15, 0.2) is 41.2 Å². The Kier molecular flexibility index (Phi) is 2.95. The molecular weight excluding hydrogens is 256 g/mol. The Morgan fingerprint density at radius 1 is 1.21 bits per heavy atom. The molecule has 0 aliphatic rings. The van der Waals surface area contributed by atoms with Gasteiger partial charge in [-0.05, 0) is 41.5 Å². The highest BCUT2D eigenvalue weighted by Gasteiger charge is 2.06. The quantitative estimate of drug-likeness (QED) is 0.570. The van der Waals surface area contributed by atoms with E-state index in [1.165, 1.54) is 0 Å². The first-order chi connectivity index (χ1) is 9.20. The summed E-state index contributed by atoms with van der Waals surface area (Å²) in [5, 5.41) is 2.87. The lowest BCUT2D eigenvalue weighted by molar-refractivity contribution is 0.638. The molecule has 1 aromatic heterocycles. The predicted octanol–water partition coefficient (Wildman–Crippen LogP) is 3.62. The van der Waals surface area contributed by atoms with Gasteiger partial charge in [-0.2, -0.15) is 0 Å². The summed E-state index contributed by atoms with van der Waals surface area (Å²) < 4.78 is 2.13. The fraction of sp³-hybridized carbons (Fsp3) is 0.200. The highest BCUT2D eigenvalue weighted by Crippen LogP contribution is 2.19. The zero-order valence-corrected chi connectivity index (χ0v) is 11.5. The van der Waals surface area contributed by atoms with E-state index in [0.29, 0.717) is 16.7 Å². The van der Waals surface area contributed by atoms with E-state index < -0.39 is 0 Å². The molecule has 0 fully saturated rings. The largest absolute Gasteiger partial charge is 0.332 e. The van der Waals surface area contributed by atoms with Crippen LogP contribution in [-0.2, 0) is 6.54 Å². The predicted molar refractivity (Wildman–Crippen MR) is 81.2 cm³/mol. The highest BCUT2D eigenvalue weighted by molar-refractivity contribution is 7.71. The molecule has 3 aromatic rings. The fourth-order valence-corrected chi connectivity index (χ4v) is 2.65. The lowest BCUT2D eigenvalue weighted by atomic mass is 10.1. The van der Waals surface area contributed by atoms with Crippen LogP contribution < -0.4 is 5.56 Å². The summed E-state index contributed by atoms with van der Waals surface area (Å²) in [7, 11) is 0. The van der Waals surface area contributed by atoms with Gasteiger partial charge in [-0.3, -0.25) is 9.36 Å². The summed E-state index contributed by atoms with van der Waals surface area (Å²) in [5.74, 6) is 0. The number of hydrogen-bond donors (Lipinski definition) is 1. The second kappa shape index (κ2) is 4.63. The molecule has 3 rings (SSSR count). The van der Waals surface area contributed by atoms with Gasteiger partial charge in [-0.1, -0.05) is 31.2 Å². The second-order valence-corrected chi connectivity index (χ2v) is 5.02. The normalized spacial score (nSPS) is 11.2. The van der Waals surface area contributed by atoms with Crippen LogP contribution in [0.25, 0.3) is 21.7 Å². The van der Waals surface area contributed by atoms with Gasteiger partial charge in [0.15, 0.2) is 4.77 Å². The van der Waals surface area contributed by atoms with Gasteiger partial charge in [0.1, 0.15) is 0 Å². The Labute approximate surface area is 115 Å². The molecule has 0 aliphatic carbocycles. The minimum atomic E-state index is -0.00801. The molecule has 0 saturated carbocycles. The van der Waals surface area contributed by atoms with Crippen molar-refractivity contribution in [2.24, 2.45) is 0 Å². The average Bonchev–Trinajstić information content (AvgIpc) is 2.42. The van der Waals surface area contributed by atoms with Gasteiger partial charge in [0, 0.05) is 6.54 Å². The first-order valence-electron chi connectivity index (χ1n) is 6.36. The number of H-pyrrole nitrogens is 1. The van der Waals surface area contributed by atoms with E-state index in [-0.39, 0.29) is 5.56 Å². The summed E-state index contributed by atoms with van der Waals surface area (Å²) in [6.07, 6.45) is 0.885. The molecule has 0 unspecified atom stereocenters. The average molecular weight is 270 g/mol. The van der Waals surface area contributed by atoms with Gasteiger partial charge < -0.3 is 4.98 Å². The summed E-state index contributed by atoms with van der Waals surface area (Å²) in [5.41, 5.74) is 0.799. The van der Waals surface area contributed by atoms with Crippen LogP contribution in [0.2, 0.25) is 0 Å². The van der Waals surface area contributed by atoms with E-state index >= 15 is 0 Å². The van der Waals surface area contributed by atoms with Crippen molar-refractivity contribution in [2.75, 3.05) is 0 Å². The molecule has 3 nitrogen and oxygen atoms in total. The zero-order chi connectivity index (χ0) is 13.4. The van der Waals surface area contributed by atoms with E-state index in [9.17, 15) is 4.79 Å². The second-order valence-electron chi connectivity index (χ2n) is 4.63. The van der Waals surface area contributed by atoms with Crippen LogP contribution in [0.3, 0.4) is 0 Å². The van der Waals surface area contributed by atoms with Crippen LogP contribution >= 0.6 is 12.2 Å². The SMILES string of the molecule is CCCn1c(=S)[nH]c2cc3ccccc3cc2c1=O. The monoisotopic (exact) mass is 270 g/mol. The van der Waals surface area contributed by atoms with E-state index in [0.717, 1.165) is 22.7 Å². The van der Waals surface area contributed by atoms with Crippen molar-refractivity contribution < 1.29 is 0 Å². The van der Waals surface area contributed by atoms with E-state index in [4.69, 9.17) is 12.2 Å². The molecular formula is C15H14N2OS. The molecule has 1 heterocycles. The third-order valence-corrected chi connectivity index (χ3v) is 3.62. The zero-order valence-electron chi connectivity index (χ0n) is 10.6. The Hall–Kier alpha value is -1.94. The first-order valence-corrected chi connectivity index (χ1v) is 6.77. The molecule has 0 radical (unpaired) electrons. The molecule has 0 amide bonds. The number of nitrogens with zero attached hydrogens (tertiary/aromatic N) is 1. The number of nitrogens with one attached hydrogen (secondary N) is 1. The van der Waals surface area contributed by atoms with Gasteiger partial charge in [0.05, 0.1) is 10.9 Å². The van der Waals surface area contributed by atoms with Crippen molar-refractivity contribution in [3.05, 3.63) is 51.5 Å². The Morgan fingerprint density at radius 3 is 2.58 bits per heavy atom. The van der Waals surface area contributed by atoms with E-state index in [1.54, 1.807) is 4.57 Å². The highest BCUT2D eigenvalue weighted by atomic mass is 32.1. The third kappa shape index (κ3) is 1.98. The minimum absolute atomic E-state index is 0.00801. The van der Waals surface area contributed by atoms with Crippen molar-refractivity contribution in [1.29, 1.82) is 0 Å². The maximum absolute atomic E-state index is 12.5. The smallest absolute Gasteiger partial charge is 0.262 e. The van der Waals surface area contributed by atoms with Crippen LogP contribution in [0.1, 0.15) is 13.3 Å². The summed E-state index contributed by atoms with van der Waals surface area (Å²) in [6, 6.07) is 11.9. The molecule has 0 bridgehead atoms. The van der Waals surface area contributed by atoms with E-state index in [2.05, 4.69) is 4.98 Å². The van der Waals surface area contributed by atoms with Gasteiger partial charge in [-0.15, -0.1) is 0 Å². The lowest BCUT2D eigenvalue weighted by Crippen LogP contribution is -2.22. The van der Waals surface area contributed by atoms with Crippen LogP contribution in [-0.4, -0.2) is 9.55 Å². The Morgan fingerprint density at radius 2 is 1.89 bits per heavy atom. The molecule has 19 heavy (non-hydrogen) atoms. The molecule has 2 aromatic carbocycles. The molecule has 0 atom stereocenters. The number of aromatic nitrogens is 2. The number of rotatable bonds is 2. The Bertz CT molecular complexity index is 877. The van der Waals surface area contributed by atoms with Gasteiger partial charge in [0.25, 0.3) is 5.56 Å². The number of hydrogen-bond acceptors (Lipinski definition) is 2. The summed E-state index contributed by atoms with van der Waals surface area (Å²) >= 11 is 5.26. The number of fused-ring (bicyclic) bond motifs is 2. The van der Waals surface area contributed by atoms with Crippen molar-refractivity contribution in [1.82, 2.24) is 9.55 Å². The van der Waals surface area contributed by atoms with Gasteiger partial charge in [0.2, 0.25) is 0 Å². The third-order valence-electron chi connectivity index (χ3n) is 3.30. The molecule has 1 N–H and O–H groups in total. The van der Waals surface area contributed by atoms with Crippen LogP contribution in [0.4, 0.5) is 0 Å². The Balaban J connectivity index is 2.45. The molecule has 0 saturated heterocycles. The molecule has 0 aliphatic heterocycles. The first kappa shape index (κ1) is 12.1.